The van der Waals surface area contributed by atoms with Crippen LogP contribution in [-0.4, -0.2) is 10.8 Å². The van der Waals surface area contributed by atoms with Crippen molar-refractivity contribution >= 4 is 16.7 Å². The molecule has 0 atom stereocenters. The molecule has 1 heterocycles. The molecule has 0 amide bonds. The number of hydrogen-bond acceptors (Lipinski definition) is 2. The fraction of sp³-hybridized carbons (Fsp3) is 0.524. The second-order valence-corrected chi connectivity index (χ2v) is 8.33. The summed E-state index contributed by atoms with van der Waals surface area (Å²) in [5, 5.41) is 1.14. The summed E-state index contributed by atoms with van der Waals surface area (Å²) in [6, 6.07) is 10.3. The van der Waals surface area contributed by atoms with Crippen LogP contribution in [0.4, 0.5) is 0 Å². The standard InChI is InChI=1S/C21H23NO/c23-20(10-14-3-4-19-18(9-14)2-1-5-22-19)21-11-15-6-16(12-21)8-17(7-15)13-21/h1-5,9,15-17H,6-8,10-13H2. The van der Waals surface area contributed by atoms with E-state index in [4.69, 9.17) is 0 Å². The number of rotatable bonds is 3. The van der Waals surface area contributed by atoms with Crippen LogP contribution in [0.2, 0.25) is 0 Å². The van der Waals surface area contributed by atoms with Crippen LogP contribution in [0.3, 0.4) is 0 Å². The van der Waals surface area contributed by atoms with E-state index < -0.39 is 0 Å². The highest BCUT2D eigenvalue weighted by molar-refractivity contribution is 5.88. The average molecular weight is 305 g/mol. The van der Waals surface area contributed by atoms with Crippen molar-refractivity contribution in [2.45, 2.75) is 44.9 Å². The molecular formula is C21H23NO. The van der Waals surface area contributed by atoms with Crippen LogP contribution < -0.4 is 0 Å². The molecule has 1 aromatic carbocycles. The van der Waals surface area contributed by atoms with Gasteiger partial charge >= 0.3 is 0 Å². The van der Waals surface area contributed by atoms with E-state index in [1.165, 1.54) is 38.5 Å². The lowest BCUT2D eigenvalue weighted by atomic mass is 9.48. The monoisotopic (exact) mass is 305 g/mol. The van der Waals surface area contributed by atoms with Crippen molar-refractivity contribution in [2.75, 3.05) is 0 Å². The van der Waals surface area contributed by atoms with Crippen LogP contribution in [0.1, 0.15) is 44.1 Å². The summed E-state index contributed by atoms with van der Waals surface area (Å²) >= 11 is 0. The Kier molecular flexibility index (Phi) is 2.92. The van der Waals surface area contributed by atoms with E-state index in [0.29, 0.717) is 12.2 Å². The zero-order chi connectivity index (χ0) is 15.4. The second kappa shape index (κ2) is 4.90. The third kappa shape index (κ3) is 2.22. The molecule has 0 radical (unpaired) electrons. The fourth-order valence-corrected chi connectivity index (χ4v) is 6.06. The van der Waals surface area contributed by atoms with Gasteiger partial charge < -0.3 is 0 Å². The molecule has 4 aliphatic rings. The predicted octanol–water partition coefficient (Wildman–Crippen LogP) is 4.56. The van der Waals surface area contributed by atoms with Gasteiger partial charge in [-0.05, 0) is 80.0 Å². The predicted molar refractivity (Wildman–Crippen MR) is 91.1 cm³/mol. The minimum atomic E-state index is 0.0264. The number of fused-ring (bicyclic) bond motifs is 1. The van der Waals surface area contributed by atoms with Gasteiger partial charge in [0, 0.05) is 23.4 Å². The van der Waals surface area contributed by atoms with E-state index in [-0.39, 0.29) is 5.41 Å². The van der Waals surface area contributed by atoms with Crippen LogP contribution in [-0.2, 0) is 11.2 Å². The zero-order valence-corrected chi connectivity index (χ0v) is 13.5. The molecule has 118 valence electrons. The summed E-state index contributed by atoms with van der Waals surface area (Å²) in [5.74, 6) is 3.03. The summed E-state index contributed by atoms with van der Waals surface area (Å²) in [5.41, 5.74) is 2.20. The first-order valence-corrected chi connectivity index (χ1v) is 9.07. The maximum atomic E-state index is 13.2. The Bertz CT molecular complexity index is 743. The molecule has 0 unspecified atom stereocenters. The highest BCUT2D eigenvalue weighted by Crippen LogP contribution is 2.60. The Hall–Kier alpha value is -1.70. The van der Waals surface area contributed by atoms with Gasteiger partial charge in [0.05, 0.1) is 5.52 Å². The van der Waals surface area contributed by atoms with Crippen LogP contribution in [0.25, 0.3) is 10.9 Å². The van der Waals surface area contributed by atoms with E-state index in [0.717, 1.165) is 34.2 Å². The van der Waals surface area contributed by atoms with Crippen molar-refractivity contribution in [3.8, 4) is 0 Å². The van der Waals surface area contributed by atoms with E-state index >= 15 is 0 Å². The molecule has 2 nitrogen and oxygen atoms in total. The molecule has 1 aromatic heterocycles. The molecular weight excluding hydrogens is 282 g/mol. The molecule has 23 heavy (non-hydrogen) atoms. The van der Waals surface area contributed by atoms with Crippen molar-refractivity contribution in [1.29, 1.82) is 0 Å². The Morgan fingerprint density at radius 3 is 2.43 bits per heavy atom. The maximum absolute atomic E-state index is 13.2. The molecule has 4 bridgehead atoms. The topological polar surface area (TPSA) is 30.0 Å². The summed E-state index contributed by atoms with van der Waals surface area (Å²) in [4.78, 5) is 17.6. The number of Topliss-reactive ketones (excluding diaryl/α,β-unsaturated/α-hetero) is 1. The summed E-state index contributed by atoms with van der Waals surface area (Å²) in [6.07, 6.45) is 10.1. The van der Waals surface area contributed by atoms with Gasteiger partial charge in [0.25, 0.3) is 0 Å². The van der Waals surface area contributed by atoms with Crippen LogP contribution in [0.5, 0.6) is 0 Å². The number of aromatic nitrogens is 1. The van der Waals surface area contributed by atoms with Crippen LogP contribution in [0, 0.1) is 23.2 Å². The molecule has 4 aliphatic carbocycles. The number of ketones is 1. The second-order valence-electron chi connectivity index (χ2n) is 8.33. The van der Waals surface area contributed by atoms with Gasteiger partial charge in [-0.15, -0.1) is 0 Å². The number of pyridine rings is 1. The minimum Gasteiger partial charge on any atom is -0.299 e. The highest BCUT2D eigenvalue weighted by atomic mass is 16.1. The van der Waals surface area contributed by atoms with Gasteiger partial charge in [-0.1, -0.05) is 12.1 Å². The van der Waals surface area contributed by atoms with E-state index in [2.05, 4.69) is 29.2 Å². The summed E-state index contributed by atoms with van der Waals surface area (Å²) in [7, 11) is 0. The SMILES string of the molecule is O=C(Cc1ccc2ncccc2c1)C12CC3CC(CC(C3)C1)C2. The first kappa shape index (κ1) is 13.7. The number of carbonyl (C=O) groups is 1. The van der Waals surface area contributed by atoms with Gasteiger partial charge in [0.1, 0.15) is 5.78 Å². The minimum absolute atomic E-state index is 0.0264. The van der Waals surface area contributed by atoms with Gasteiger partial charge in [-0.3, -0.25) is 9.78 Å². The van der Waals surface area contributed by atoms with E-state index in [9.17, 15) is 4.79 Å². The van der Waals surface area contributed by atoms with Crippen molar-refractivity contribution in [2.24, 2.45) is 23.2 Å². The molecule has 0 saturated heterocycles. The summed E-state index contributed by atoms with van der Waals surface area (Å²) in [6.45, 7) is 0. The Morgan fingerprint density at radius 2 is 1.74 bits per heavy atom. The van der Waals surface area contributed by atoms with Gasteiger partial charge in [0.15, 0.2) is 0 Å². The maximum Gasteiger partial charge on any atom is 0.143 e. The van der Waals surface area contributed by atoms with Gasteiger partial charge in [-0.2, -0.15) is 0 Å². The number of benzene rings is 1. The van der Waals surface area contributed by atoms with Crippen LogP contribution >= 0.6 is 0 Å². The zero-order valence-electron chi connectivity index (χ0n) is 13.5. The van der Waals surface area contributed by atoms with Gasteiger partial charge in [0.2, 0.25) is 0 Å². The molecule has 4 saturated carbocycles. The van der Waals surface area contributed by atoms with Gasteiger partial charge in [-0.25, -0.2) is 0 Å². The van der Waals surface area contributed by atoms with Crippen molar-refractivity contribution in [3.63, 3.8) is 0 Å². The Morgan fingerprint density at radius 1 is 1.04 bits per heavy atom. The smallest absolute Gasteiger partial charge is 0.143 e. The first-order chi connectivity index (χ1) is 11.2. The Labute approximate surface area is 137 Å². The first-order valence-electron chi connectivity index (χ1n) is 9.07. The summed E-state index contributed by atoms with van der Waals surface area (Å²) < 4.78 is 0. The third-order valence-corrected chi connectivity index (χ3v) is 6.66. The lowest BCUT2D eigenvalue weighted by Gasteiger charge is -2.56. The lowest BCUT2D eigenvalue weighted by molar-refractivity contribution is -0.143. The molecule has 6 rings (SSSR count). The molecule has 0 spiro atoms. The van der Waals surface area contributed by atoms with E-state index in [1.54, 1.807) is 0 Å². The molecule has 0 aliphatic heterocycles. The van der Waals surface area contributed by atoms with Crippen molar-refractivity contribution in [3.05, 3.63) is 42.1 Å². The van der Waals surface area contributed by atoms with E-state index in [1.807, 2.05) is 12.3 Å². The highest BCUT2D eigenvalue weighted by Gasteiger charge is 2.53. The molecule has 0 N–H and O–H groups in total. The number of nitrogens with zero attached hydrogens (tertiary/aromatic N) is 1. The molecule has 2 heteroatoms. The Balaban J connectivity index is 1.42. The van der Waals surface area contributed by atoms with Crippen molar-refractivity contribution < 1.29 is 4.79 Å². The molecule has 4 fully saturated rings. The fourth-order valence-electron chi connectivity index (χ4n) is 6.06. The third-order valence-electron chi connectivity index (χ3n) is 6.66. The number of carbonyl (C=O) groups excluding carboxylic acids is 1. The normalized spacial score (nSPS) is 34.9. The molecule has 2 aromatic rings. The quantitative estimate of drug-likeness (QED) is 0.832. The number of hydrogen-bond donors (Lipinski definition) is 0. The van der Waals surface area contributed by atoms with Crippen LogP contribution in [0.15, 0.2) is 36.5 Å². The van der Waals surface area contributed by atoms with Crippen molar-refractivity contribution in [1.82, 2.24) is 4.98 Å². The lowest BCUT2D eigenvalue weighted by Crippen LogP contribution is -2.50. The largest absolute Gasteiger partial charge is 0.299 e. The average Bonchev–Trinajstić information content (AvgIpc) is 2.53.